The van der Waals surface area contributed by atoms with Crippen LogP contribution in [0.5, 0.6) is 0 Å². The number of thiocarbonyl (C=S) groups is 1. The molecule has 2 aromatic heterocycles. The van der Waals surface area contributed by atoms with E-state index in [1.807, 2.05) is 36.5 Å². The Bertz CT molecular complexity index is 656. The lowest BCUT2D eigenvalue weighted by Crippen LogP contribution is -2.36. The highest BCUT2D eigenvalue weighted by atomic mass is 32.1. The van der Waals surface area contributed by atoms with Gasteiger partial charge < -0.3 is 19.4 Å². The normalized spacial score (nSPS) is 27.4. The van der Waals surface area contributed by atoms with Crippen molar-refractivity contribution < 1.29 is 9.15 Å². The van der Waals surface area contributed by atoms with E-state index in [1.165, 1.54) is 0 Å². The summed E-state index contributed by atoms with van der Waals surface area (Å²) in [7, 11) is 0. The lowest BCUT2D eigenvalue weighted by Gasteiger charge is -2.28. The van der Waals surface area contributed by atoms with Gasteiger partial charge in [0.15, 0.2) is 5.11 Å². The maximum absolute atomic E-state index is 5.79. The van der Waals surface area contributed by atoms with Gasteiger partial charge in [0.2, 0.25) is 0 Å². The van der Waals surface area contributed by atoms with Crippen molar-refractivity contribution in [2.24, 2.45) is 0 Å². The molecule has 0 bridgehead atoms. The molecule has 2 fully saturated rings. The van der Waals surface area contributed by atoms with E-state index in [9.17, 15) is 0 Å². The second-order valence-corrected chi connectivity index (χ2v) is 6.32. The summed E-state index contributed by atoms with van der Waals surface area (Å²) in [5, 5.41) is 4.15. The van der Waals surface area contributed by atoms with Gasteiger partial charge in [-0.3, -0.25) is 4.98 Å². The van der Waals surface area contributed by atoms with Crippen LogP contribution in [0.4, 0.5) is 0 Å². The van der Waals surface area contributed by atoms with Gasteiger partial charge in [-0.2, -0.15) is 0 Å². The first-order chi connectivity index (χ1) is 11.3. The first kappa shape index (κ1) is 14.7. The zero-order chi connectivity index (χ0) is 15.6. The van der Waals surface area contributed by atoms with Gasteiger partial charge in [0.05, 0.1) is 24.1 Å². The molecule has 0 aliphatic carbocycles. The molecular formula is C17H19N3O2S. The summed E-state index contributed by atoms with van der Waals surface area (Å²) in [5.74, 6) is 0.894. The lowest BCUT2D eigenvalue weighted by atomic mass is 10.0. The van der Waals surface area contributed by atoms with E-state index in [0.717, 1.165) is 42.6 Å². The molecule has 3 atom stereocenters. The van der Waals surface area contributed by atoms with Gasteiger partial charge in [0.1, 0.15) is 11.8 Å². The van der Waals surface area contributed by atoms with Crippen LogP contribution in [0.25, 0.3) is 0 Å². The van der Waals surface area contributed by atoms with Crippen LogP contribution in [0.15, 0.2) is 47.2 Å². The van der Waals surface area contributed by atoms with Crippen LogP contribution in [-0.2, 0) is 4.74 Å². The Balaban J connectivity index is 1.66. The molecule has 2 saturated heterocycles. The van der Waals surface area contributed by atoms with Crippen LogP contribution in [0.1, 0.15) is 36.4 Å². The largest absolute Gasteiger partial charge is 0.467 e. The number of aromatic nitrogens is 1. The van der Waals surface area contributed by atoms with Crippen molar-refractivity contribution in [3.05, 3.63) is 54.2 Å². The van der Waals surface area contributed by atoms with Gasteiger partial charge in [-0.25, -0.2) is 0 Å². The van der Waals surface area contributed by atoms with Gasteiger partial charge in [0, 0.05) is 19.3 Å². The molecule has 0 amide bonds. The van der Waals surface area contributed by atoms with Crippen LogP contribution < -0.4 is 5.32 Å². The summed E-state index contributed by atoms with van der Waals surface area (Å²) in [5.41, 5.74) is 0.964. The zero-order valence-electron chi connectivity index (χ0n) is 12.7. The number of hydrogen-bond acceptors (Lipinski definition) is 4. The second-order valence-electron chi connectivity index (χ2n) is 5.93. The van der Waals surface area contributed by atoms with Gasteiger partial charge in [-0.15, -0.1) is 0 Å². The van der Waals surface area contributed by atoms with Gasteiger partial charge in [0.25, 0.3) is 0 Å². The second kappa shape index (κ2) is 6.29. The predicted molar refractivity (Wildman–Crippen MR) is 89.8 cm³/mol. The third-order valence-corrected chi connectivity index (χ3v) is 4.81. The number of rotatable bonds is 4. The summed E-state index contributed by atoms with van der Waals surface area (Å²) in [6, 6.07) is 9.83. The van der Waals surface area contributed by atoms with Crippen LogP contribution in [0.2, 0.25) is 0 Å². The van der Waals surface area contributed by atoms with Crippen molar-refractivity contribution in [3.8, 4) is 0 Å². The van der Waals surface area contributed by atoms with Crippen molar-refractivity contribution in [2.75, 3.05) is 13.2 Å². The highest BCUT2D eigenvalue weighted by molar-refractivity contribution is 7.80. The number of pyridine rings is 1. The molecule has 0 spiro atoms. The molecule has 120 valence electrons. The number of nitrogens with zero attached hydrogens (tertiary/aromatic N) is 2. The first-order valence-corrected chi connectivity index (χ1v) is 8.37. The molecule has 2 aromatic rings. The Hall–Kier alpha value is -1.92. The van der Waals surface area contributed by atoms with Gasteiger partial charge >= 0.3 is 0 Å². The lowest BCUT2D eigenvalue weighted by molar-refractivity contribution is 0.0817. The SMILES string of the molecule is S=C1N[C@H](c2ccccn2)[C@@H](c2ccco2)N1C[C@H]1CCCO1. The van der Waals surface area contributed by atoms with E-state index in [1.54, 1.807) is 6.26 Å². The highest BCUT2D eigenvalue weighted by Gasteiger charge is 2.42. The Morgan fingerprint density at radius 2 is 2.26 bits per heavy atom. The molecule has 0 aromatic carbocycles. The Kier molecular flexibility index (Phi) is 4.01. The molecule has 6 heteroatoms. The molecular weight excluding hydrogens is 310 g/mol. The number of ether oxygens (including phenoxy) is 1. The Labute approximate surface area is 140 Å². The molecule has 23 heavy (non-hydrogen) atoms. The number of furan rings is 1. The van der Waals surface area contributed by atoms with E-state index < -0.39 is 0 Å². The summed E-state index contributed by atoms with van der Waals surface area (Å²) in [6.07, 6.45) is 5.94. The van der Waals surface area contributed by atoms with Crippen LogP contribution >= 0.6 is 12.2 Å². The summed E-state index contributed by atoms with van der Waals surface area (Å²) < 4.78 is 11.5. The van der Waals surface area contributed by atoms with Crippen LogP contribution in [0, 0.1) is 0 Å². The maximum atomic E-state index is 5.79. The van der Waals surface area contributed by atoms with Crippen LogP contribution in [0.3, 0.4) is 0 Å². The number of nitrogens with one attached hydrogen (secondary N) is 1. The molecule has 1 N–H and O–H groups in total. The standard InChI is InChI=1S/C17H19N3O2S/c23-17-19-15(13-6-1-2-8-18-13)16(14-7-4-10-22-14)20(17)11-12-5-3-9-21-12/h1-2,4,6-8,10,12,15-16H,3,5,9,11H2,(H,19,23)/t12-,15-,16-/m1/s1. The fourth-order valence-corrected chi connectivity index (χ4v) is 3.69. The molecule has 2 aliphatic heterocycles. The minimum atomic E-state index is -0.0174. The minimum Gasteiger partial charge on any atom is -0.467 e. The van der Waals surface area contributed by atoms with Crippen molar-refractivity contribution in [2.45, 2.75) is 31.0 Å². The summed E-state index contributed by atoms with van der Waals surface area (Å²) >= 11 is 5.59. The molecule has 5 nitrogen and oxygen atoms in total. The quantitative estimate of drug-likeness (QED) is 0.871. The third kappa shape index (κ3) is 2.84. The van der Waals surface area contributed by atoms with Crippen LogP contribution in [-0.4, -0.2) is 34.3 Å². The monoisotopic (exact) mass is 329 g/mol. The molecule has 4 rings (SSSR count). The van der Waals surface area contributed by atoms with E-state index in [-0.39, 0.29) is 18.2 Å². The van der Waals surface area contributed by atoms with E-state index >= 15 is 0 Å². The molecule has 0 unspecified atom stereocenters. The van der Waals surface area contributed by atoms with Crippen molar-refractivity contribution >= 4 is 17.3 Å². The topological polar surface area (TPSA) is 50.5 Å². The third-order valence-electron chi connectivity index (χ3n) is 4.46. The molecule has 0 saturated carbocycles. The molecule has 4 heterocycles. The maximum Gasteiger partial charge on any atom is 0.170 e. The van der Waals surface area contributed by atoms with E-state index in [4.69, 9.17) is 21.4 Å². The van der Waals surface area contributed by atoms with E-state index in [2.05, 4.69) is 15.2 Å². The average Bonchev–Trinajstić information content (AvgIpc) is 3.31. The average molecular weight is 329 g/mol. The van der Waals surface area contributed by atoms with Gasteiger partial charge in [-0.1, -0.05) is 6.07 Å². The minimum absolute atomic E-state index is 0.00315. The summed E-state index contributed by atoms with van der Waals surface area (Å²) in [6.45, 7) is 1.62. The van der Waals surface area contributed by atoms with E-state index in [0.29, 0.717) is 0 Å². The predicted octanol–water partition coefficient (Wildman–Crippen LogP) is 2.83. The molecule has 0 radical (unpaired) electrons. The Morgan fingerprint density at radius 3 is 2.96 bits per heavy atom. The molecule has 2 aliphatic rings. The van der Waals surface area contributed by atoms with Crippen molar-refractivity contribution in [1.82, 2.24) is 15.2 Å². The number of hydrogen-bond donors (Lipinski definition) is 1. The zero-order valence-corrected chi connectivity index (χ0v) is 13.5. The summed E-state index contributed by atoms with van der Waals surface area (Å²) in [4.78, 5) is 6.68. The highest BCUT2D eigenvalue weighted by Crippen LogP contribution is 2.39. The fraction of sp³-hybridized carbons (Fsp3) is 0.412. The fourth-order valence-electron chi connectivity index (χ4n) is 3.38. The van der Waals surface area contributed by atoms with Crippen molar-refractivity contribution in [1.29, 1.82) is 0 Å². The Morgan fingerprint density at radius 1 is 1.30 bits per heavy atom. The first-order valence-electron chi connectivity index (χ1n) is 7.96. The van der Waals surface area contributed by atoms with Crippen molar-refractivity contribution in [3.63, 3.8) is 0 Å². The smallest absolute Gasteiger partial charge is 0.170 e. The van der Waals surface area contributed by atoms with Gasteiger partial charge in [-0.05, 0) is 49.3 Å².